The van der Waals surface area contributed by atoms with Crippen molar-refractivity contribution >= 4 is 17.2 Å². The molecule has 31 heavy (non-hydrogen) atoms. The number of piperazine rings is 1. The van der Waals surface area contributed by atoms with Crippen molar-refractivity contribution in [3.63, 3.8) is 0 Å². The van der Waals surface area contributed by atoms with Crippen LogP contribution in [0.4, 0.5) is 11.4 Å². The van der Waals surface area contributed by atoms with Crippen LogP contribution in [-0.4, -0.2) is 64.2 Å². The van der Waals surface area contributed by atoms with Gasteiger partial charge in [-0.25, -0.2) is 0 Å². The minimum Gasteiger partial charge on any atom is -0.300 e. The van der Waals surface area contributed by atoms with E-state index in [0.717, 1.165) is 63.1 Å². The topological polar surface area (TPSA) is 110 Å². The number of nitro groups is 2. The molecule has 1 heterocycles. The second kappa shape index (κ2) is 8.91. The Labute approximate surface area is 179 Å². The van der Waals surface area contributed by atoms with Crippen molar-refractivity contribution in [3.05, 3.63) is 79.4 Å². The number of non-ortho nitro benzene ring substituents is 2. The first-order valence-corrected chi connectivity index (χ1v) is 10.4. The van der Waals surface area contributed by atoms with Gasteiger partial charge in [-0.15, -0.1) is 0 Å². The summed E-state index contributed by atoms with van der Waals surface area (Å²) in [5.41, 5.74) is 2.51. The summed E-state index contributed by atoms with van der Waals surface area (Å²) >= 11 is 0. The lowest BCUT2D eigenvalue weighted by Gasteiger charge is -2.40. The molecule has 9 nitrogen and oxygen atoms in total. The van der Waals surface area contributed by atoms with Crippen LogP contribution in [0.2, 0.25) is 0 Å². The number of rotatable bonds is 6. The average Bonchev–Trinajstić information content (AvgIpc) is 2.78. The summed E-state index contributed by atoms with van der Waals surface area (Å²) in [5.74, 6) is -0.00993. The molecule has 0 aromatic heterocycles. The van der Waals surface area contributed by atoms with Crippen LogP contribution in [0.1, 0.15) is 27.9 Å². The van der Waals surface area contributed by atoms with Crippen molar-refractivity contribution < 1.29 is 14.6 Å². The zero-order chi connectivity index (χ0) is 22.0. The third kappa shape index (κ3) is 4.62. The number of hydrogen-bond donors (Lipinski definition) is 0. The molecule has 1 aliphatic heterocycles. The maximum Gasteiger partial charge on any atom is 0.270 e. The van der Waals surface area contributed by atoms with E-state index in [-0.39, 0.29) is 23.2 Å². The Kier molecular flexibility index (Phi) is 6.06. The molecule has 2 aliphatic rings. The van der Waals surface area contributed by atoms with Crippen molar-refractivity contribution in [3.8, 4) is 0 Å². The molecule has 2 aromatic rings. The number of Topliss-reactive ketones (excluding diaryl/α,β-unsaturated/α-hetero) is 1. The predicted octanol–water partition coefficient (Wildman–Crippen LogP) is 2.86. The van der Waals surface area contributed by atoms with Gasteiger partial charge in [-0.1, -0.05) is 18.2 Å². The average molecular weight is 424 g/mol. The molecular weight excluding hydrogens is 400 g/mol. The fourth-order valence-electron chi connectivity index (χ4n) is 4.45. The molecular formula is C22H24N4O5. The van der Waals surface area contributed by atoms with Crippen LogP contribution in [0.25, 0.3) is 0 Å². The number of hydrogen-bond acceptors (Lipinski definition) is 7. The number of carbonyl (C=O) groups excluding carboxylic acids is 1. The molecule has 0 amide bonds. The van der Waals surface area contributed by atoms with Crippen LogP contribution in [0.15, 0.2) is 42.5 Å². The quantitative estimate of drug-likeness (QED) is 0.518. The summed E-state index contributed by atoms with van der Waals surface area (Å²) in [6.07, 6.45) is 2.31. The van der Waals surface area contributed by atoms with Gasteiger partial charge in [0.05, 0.1) is 15.9 Å². The highest BCUT2D eigenvalue weighted by Crippen LogP contribution is 2.28. The number of nitrogens with zero attached hydrogens (tertiary/aromatic N) is 4. The Morgan fingerprint density at radius 1 is 0.903 bits per heavy atom. The Balaban J connectivity index is 1.31. The summed E-state index contributed by atoms with van der Waals surface area (Å²) in [4.78, 5) is 38.5. The van der Waals surface area contributed by atoms with E-state index >= 15 is 0 Å². The number of benzene rings is 2. The Morgan fingerprint density at radius 3 is 2.19 bits per heavy atom. The van der Waals surface area contributed by atoms with E-state index in [2.05, 4.69) is 9.80 Å². The van der Waals surface area contributed by atoms with E-state index in [1.807, 2.05) is 0 Å². The molecule has 0 radical (unpaired) electrons. The minimum atomic E-state index is -0.457. The van der Waals surface area contributed by atoms with Crippen LogP contribution in [0, 0.1) is 20.2 Å². The lowest BCUT2D eigenvalue weighted by molar-refractivity contribution is -0.385. The Hall–Kier alpha value is -3.17. The molecule has 9 heteroatoms. The van der Waals surface area contributed by atoms with E-state index < -0.39 is 9.85 Å². The van der Waals surface area contributed by atoms with E-state index in [4.69, 9.17) is 0 Å². The number of nitro benzene ring substituents is 2. The third-order valence-electron chi connectivity index (χ3n) is 6.27. The van der Waals surface area contributed by atoms with Gasteiger partial charge in [-0.2, -0.15) is 0 Å². The molecule has 2 aromatic carbocycles. The Bertz CT molecular complexity index is 999. The van der Waals surface area contributed by atoms with Crippen molar-refractivity contribution in [2.24, 2.45) is 0 Å². The first kappa shape index (κ1) is 21.1. The molecule has 1 unspecified atom stereocenters. The van der Waals surface area contributed by atoms with Gasteiger partial charge < -0.3 is 4.90 Å². The van der Waals surface area contributed by atoms with Gasteiger partial charge in [0.1, 0.15) is 0 Å². The molecule has 1 saturated heterocycles. The summed E-state index contributed by atoms with van der Waals surface area (Å²) < 4.78 is 0. The lowest BCUT2D eigenvalue weighted by atomic mass is 9.85. The zero-order valence-electron chi connectivity index (χ0n) is 17.1. The molecule has 1 aliphatic carbocycles. The van der Waals surface area contributed by atoms with Crippen LogP contribution >= 0.6 is 0 Å². The largest absolute Gasteiger partial charge is 0.300 e. The monoisotopic (exact) mass is 424 g/mol. The summed E-state index contributed by atoms with van der Waals surface area (Å²) in [5, 5.41) is 21.8. The van der Waals surface area contributed by atoms with E-state index in [1.165, 1.54) is 24.3 Å². The number of carbonyl (C=O) groups is 1. The summed E-state index contributed by atoms with van der Waals surface area (Å²) in [6.45, 7) is 4.11. The number of ketones is 1. The highest BCUT2D eigenvalue weighted by Gasteiger charge is 2.34. The minimum absolute atomic E-state index is 0.00993. The molecule has 1 fully saturated rings. The first-order valence-electron chi connectivity index (χ1n) is 10.4. The molecule has 162 valence electrons. The van der Waals surface area contributed by atoms with Gasteiger partial charge in [0, 0.05) is 62.6 Å². The maximum absolute atomic E-state index is 13.0. The molecule has 0 bridgehead atoms. The molecule has 1 atom stereocenters. The maximum atomic E-state index is 13.0. The summed E-state index contributed by atoms with van der Waals surface area (Å²) in [6, 6.07) is 11.0. The fraction of sp³-hybridized carbons (Fsp3) is 0.409. The normalized spacial score (nSPS) is 19.7. The van der Waals surface area contributed by atoms with E-state index in [0.29, 0.717) is 5.56 Å². The predicted molar refractivity (Wildman–Crippen MR) is 114 cm³/mol. The van der Waals surface area contributed by atoms with Crippen molar-refractivity contribution in [1.29, 1.82) is 0 Å². The Morgan fingerprint density at radius 2 is 1.55 bits per heavy atom. The van der Waals surface area contributed by atoms with E-state index in [9.17, 15) is 25.0 Å². The molecule has 4 rings (SSSR count). The molecule has 0 spiro atoms. The lowest BCUT2D eigenvalue weighted by Crippen LogP contribution is -2.53. The zero-order valence-corrected chi connectivity index (χ0v) is 17.1. The molecule has 0 N–H and O–H groups in total. The van der Waals surface area contributed by atoms with E-state index in [1.54, 1.807) is 18.2 Å². The number of aryl methyl sites for hydroxylation is 1. The fourth-order valence-corrected chi connectivity index (χ4v) is 4.45. The van der Waals surface area contributed by atoms with Crippen LogP contribution in [-0.2, 0) is 12.8 Å². The van der Waals surface area contributed by atoms with Gasteiger partial charge in [0.2, 0.25) is 0 Å². The van der Waals surface area contributed by atoms with Gasteiger partial charge in [0.25, 0.3) is 11.4 Å². The third-order valence-corrected chi connectivity index (χ3v) is 6.27. The van der Waals surface area contributed by atoms with Gasteiger partial charge in [-0.3, -0.25) is 29.9 Å². The van der Waals surface area contributed by atoms with Gasteiger partial charge in [0.15, 0.2) is 5.78 Å². The van der Waals surface area contributed by atoms with Gasteiger partial charge in [-0.05, 0) is 30.4 Å². The van der Waals surface area contributed by atoms with Gasteiger partial charge >= 0.3 is 0 Å². The second-order valence-corrected chi connectivity index (χ2v) is 8.07. The SMILES string of the molecule is O=C1c2cc([N+](=O)[O-])ccc2CCC1N1CCN(CCc2ccc([N+](=O)[O-])cc2)CC1. The van der Waals surface area contributed by atoms with Crippen molar-refractivity contribution in [1.82, 2.24) is 9.80 Å². The first-order chi connectivity index (χ1) is 14.9. The van der Waals surface area contributed by atoms with Crippen LogP contribution in [0.3, 0.4) is 0 Å². The van der Waals surface area contributed by atoms with Crippen LogP contribution < -0.4 is 0 Å². The smallest absolute Gasteiger partial charge is 0.270 e. The molecule has 0 saturated carbocycles. The summed E-state index contributed by atoms with van der Waals surface area (Å²) in [7, 11) is 0. The van der Waals surface area contributed by atoms with Crippen molar-refractivity contribution in [2.45, 2.75) is 25.3 Å². The van der Waals surface area contributed by atoms with Crippen molar-refractivity contribution in [2.75, 3.05) is 32.7 Å². The van der Waals surface area contributed by atoms with Crippen LogP contribution in [0.5, 0.6) is 0 Å². The highest BCUT2D eigenvalue weighted by molar-refractivity contribution is 6.02. The number of fused-ring (bicyclic) bond motifs is 1. The second-order valence-electron chi connectivity index (χ2n) is 8.07. The standard InChI is InChI=1S/C22H24N4O5/c27-22-20-15-19(26(30)31)7-3-17(20)4-8-21(22)24-13-11-23(12-14-24)10-9-16-1-5-18(6-2-16)25(28)29/h1-3,5-7,15,21H,4,8-14H2. The highest BCUT2D eigenvalue weighted by atomic mass is 16.6.